The lowest BCUT2D eigenvalue weighted by molar-refractivity contribution is 0.430. The molecule has 19 heavy (non-hydrogen) atoms. The number of benzene rings is 1. The number of rotatable bonds is 2. The number of pyridine rings is 1. The van der Waals surface area contributed by atoms with E-state index < -0.39 is 0 Å². The Kier molecular flexibility index (Phi) is 2.72. The van der Waals surface area contributed by atoms with Crippen molar-refractivity contribution < 1.29 is 4.52 Å². The van der Waals surface area contributed by atoms with E-state index in [0.717, 1.165) is 11.1 Å². The van der Waals surface area contributed by atoms with Crippen LogP contribution < -0.4 is 5.73 Å². The van der Waals surface area contributed by atoms with Gasteiger partial charge in [-0.25, -0.2) is 0 Å². The second-order valence-electron chi connectivity index (χ2n) is 4.18. The lowest BCUT2D eigenvalue weighted by Crippen LogP contribution is -1.91. The van der Waals surface area contributed by atoms with Crippen LogP contribution in [0.5, 0.6) is 0 Å². The number of aryl methyl sites for hydroxylation is 1. The van der Waals surface area contributed by atoms with Crippen LogP contribution in [0.25, 0.3) is 23.0 Å². The molecule has 0 saturated heterocycles. The fraction of sp³-hybridized carbons (Fsp3) is 0.0714. The van der Waals surface area contributed by atoms with E-state index in [4.69, 9.17) is 10.3 Å². The second-order valence-corrected chi connectivity index (χ2v) is 4.18. The standard InChI is InChI=1S/C14H12N4O/c1-9-5-4-8-16-12(9)14-17-13(18-19-14)10-6-2-3-7-11(10)15/h2-8H,15H2,1H3. The molecule has 0 aliphatic carbocycles. The molecular weight excluding hydrogens is 240 g/mol. The van der Waals surface area contributed by atoms with Crippen LogP contribution in [0.4, 0.5) is 5.69 Å². The minimum absolute atomic E-state index is 0.399. The second kappa shape index (κ2) is 4.53. The van der Waals surface area contributed by atoms with Crippen LogP contribution in [-0.2, 0) is 0 Å². The van der Waals surface area contributed by atoms with Crippen molar-refractivity contribution in [2.24, 2.45) is 0 Å². The smallest absolute Gasteiger partial charge is 0.277 e. The summed E-state index contributed by atoms with van der Waals surface area (Å²) in [5.41, 5.74) is 8.94. The van der Waals surface area contributed by atoms with Crippen molar-refractivity contribution in [3.63, 3.8) is 0 Å². The Balaban J connectivity index is 2.06. The van der Waals surface area contributed by atoms with Gasteiger partial charge in [0.05, 0.1) is 0 Å². The van der Waals surface area contributed by atoms with Crippen molar-refractivity contribution in [2.45, 2.75) is 6.92 Å². The SMILES string of the molecule is Cc1cccnc1-c1nc(-c2ccccc2N)no1. The molecule has 0 aliphatic rings. The summed E-state index contributed by atoms with van der Waals surface area (Å²) >= 11 is 0. The van der Waals surface area contributed by atoms with Crippen LogP contribution in [0.15, 0.2) is 47.1 Å². The number of nitrogen functional groups attached to an aromatic ring is 1. The quantitative estimate of drug-likeness (QED) is 0.709. The molecule has 5 heteroatoms. The number of aromatic nitrogens is 3. The summed E-state index contributed by atoms with van der Waals surface area (Å²) in [7, 11) is 0. The minimum atomic E-state index is 0.399. The maximum atomic E-state index is 5.89. The minimum Gasteiger partial charge on any atom is -0.398 e. The molecule has 2 N–H and O–H groups in total. The normalized spacial score (nSPS) is 10.6. The Morgan fingerprint density at radius 3 is 2.74 bits per heavy atom. The molecule has 0 atom stereocenters. The van der Waals surface area contributed by atoms with Gasteiger partial charge >= 0.3 is 0 Å². The fourth-order valence-electron chi connectivity index (χ4n) is 1.84. The number of nitrogens with zero attached hydrogens (tertiary/aromatic N) is 3. The molecule has 0 aliphatic heterocycles. The summed E-state index contributed by atoms with van der Waals surface area (Å²) < 4.78 is 5.26. The van der Waals surface area contributed by atoms with Crippen LogP contribution in [0.1, 0.15) is 5.56 Å². The van der Waals surface area contributed by atoms with Gasteiger partial charge in [-0.2, -0.15) is 4.98 Å². The molecule has 0 saturated carbocycles. The molecule has 0 amide bonds. The van der Waals surface area contributed by atoms with Gasteiger partial charge in [-0.15, -0.1) is 0 Å². The number of anilines is 1. The summed E-state index contributed by atoms with van der Waals surface area (Å²) in [6, 6.07) is 11.2. The van der Waals surface area contributed by atoms with Gasteiger partial charge in [-0.1, -0.05) is 23.4 Å². The van der Waals surface area contributed by atoms with Crippen molar-refractivity contribution >= 4 is 5.69 Å². The third kappa shape index (κ3) is 2.06. The highest BCUT2D eigenvalue weighted by Crippen LogP contribution is 2.26. The van der Waals surface area contributed by atoms with Crippen molar-refractivity contribution in [1.29, 1.82) is 0 Å². The molecule has 3 rings (SSSR count). The average Bonchev–Trinajstić information content (AvgIpc) is 2.89. The summed E-state index contributed by atoms with van der Waals surface area (Å²) in [6.07, 6.45) is 1.70. The maximum Gasteiger partial charge on any atom is 0.277 e. The van der Waals surface area contributed by atoms with Crippen LogP contribution in [-0.4, -0.2) is 15.1 Å². The zero-order chi connectivity index (χ0) is 13.2. The Morgan fingerprint density at radius 1 is 1.11 bits per heavy atom. The van der Waals surface area contributed by atoms with Gasteiger partial charge in [0.25, 0.3) is 5.89 Å². The number of hydrogen-bond acceptors (Lipinski definition) is 5. The van der Waals surface area contributed by atoms with E-state index in [0.29, 0.717) is 23.1 Å². The average molecular weight is 252 g/mol. The van der Waals surface area contributed by atoms with Crippen LogP contribution >= 0.6 is 0 Å². The highest BCUT2D eigenvalue weighted by molar-refractivity contribution is 5.71. The first kappa shape index (κ1) is 11.4. The van der Waals surface area contributed by atoms with Crippen molar-refractivity contribution in [3.05, 3.63) is 48.2 Å². The predicted octanol–water partition coefficient (Wildman–Crippen LogP) is 2.69. The van der Waals surface area contributed by atoms with Gasteiger partial charge in [0, 0.05) is 17.4 Å². The van der Waals surface area contributed by atoms with Crippen molar-refractivity contribution in [2.75, 3.05) is 5.73 Å². The van der Waals surface area contributed by atoms with Gasteiger partial charge in [-0.3, -0.25) is 4.98 Å². The molecule has 0 unspecified atom stereocenters. The molecule has 1 aromatic carbocycles. The topological polar surface area (TPSA) is 77.8 Å². The fourth-order valence-corrected chi connectivity index (χ4v) is 1.84. The van der Waals surface area contributed by atoms with E-state index in [-0.39, 0.29) is 0 Å². The highest BCUT2D eigenvalue weighted by atomic mass is 16.5. The summed E-state index contributed by atoms with van der Waals surface area (Å²) in [5, 5.41) is 3.96. The van der Waals surface area contributed by atoms with E-state index in [1.54, 1.807) is 12.3 Å². The molecule has 2 heterocycles. The largest absolute Gasteiger partial charge is 0.398 e. The number of nitrogens with two attached hydrogens (primary N) is 1. The van der Waals surface area contributed by atoms with E-state index in [1.807, 2.05) is 37.3 Å². The number of hydrogen-bond donors (Lipinski definition) is 1. The third-order valence-electron chi connectivity index (χ3n) is 2.84. The van der Waals surface area contributed by atoms with Gasteiger partial charge < -0.3 is 10.3 Å². The lowest BCUT2D eigenvalue weighted by atomic mass is 10.2. The van der Waals surface area contributed by atoms with Gasteiger partial charge in [-0.05, 0) is 30.7 Å². The molecule has 0 radical (unpaired) electrons. The maximum absolute atomic E-state index is 5.89. The molecular formula is C14H12N4O. The molecule has 2 aromatic heterocycles. The lowest BCUT2D eigenvalue weighted by Gasteiger charge is -1.98. The summed E-state index contributed by atoms with van der Waals surface area (Å²) in [6.45, 7) is 1.95. The Morgan fingerprint density at radius 2 is 1.95 bits per heavy atom. The van der Waals surface area contributed by atoms with Gasteiger partial charge in [0.15, 0.2) is 0 Å². The number of para-hydroxylation sites is 1. The first-order valence-corrected chi connectivity index (χ1v) is 5.86. The van der Waals surface area contributed by atoms with Crippen molar-refractivity contribution in [1.82, 2.24) is 15.1 Å². The molecule has 0 spiro atoms. The first-order valence-electron chi connectivity index (χ1n) is 5.86. The van der Waals surface area contributed by atoms with Gasteiger partial charge in [0.1, 0.15) is 5.69 Å². The van der Waals surface area contributed by atoms with Crippen LogP contribution in [0, 0.1) is 6.92 Å². The Labute approximate surface area is 110 Å². The predicted molar refractivity (Wildman–Crippen MR) is 72.1 cm³/mol. The third-order valence-corrected chi connectivity index (χ3v) is 2.84. The molecule has 5 nitrogen and oxygen atoms in total. The van der Waals surface area contributed by atoms with Gasteiger partial charge in [0.2, 0.25) is 5.82 Å². The van der Waals surface area contributed by atoms with E-state index in [9.17, 15) is 0 Å². The Hall–Kier alpha value is -2.69. The van der Waals surface area contributed by atoms with E-state index >= 15 is 0 Å². The zero-order valence-corrected chi connectivity index (χ0v) is 10.4. The summed E-state index contributed by atoms with van der Waals surface area (Å²) in [4.78, 5) is 8.60. The van der Waals surface area contributed by atoms with Crippen molar-refractivity contribution in [3.8, 4) is 23.0 Å². The summed E-state index contributed by atoms with van der Waals surface area (Å²) in [5.74, 6) is 0.870. The van der Waals surface area contributed by atoms with Crippen LogP contribution in [0.3, 0.4) is 0 Å². The molecule has 94 valence electrons. The molecule has 0 fully saturated rings. The highest BCUT2D eigenvalue weighted by Gasteiger charge is 2.14. The monoisotopic (exact) mass is 252 g/mol. The van der Waals surface area contributed by atoms with Crippen LogP contribution in [0.2, 0.25) is 0 Å². The molecule has 3 aromatic rings. The zero-order valence-electron chi connectivity index (χ0n) is 10.4. The van der Waals surface area contributed by atoms with E-state index in [1.165, 1.54) is 0 Å². The first-order chi connectivity index (χ1) is 9.25. The Bertz CT molecular complexity index is 661. The molecule has 0 bridgehead atoms. The van der Waals surface area contributed by atoms with E-state index in [2.05, 4.69) is 15.1 Å².